The van der Waals surface area contributed by atoms with E-state index in [1.807, 2.05) is 12.2 Å². The molecule has 0 radical (unpaired) electrons. The van der Waals surface area contributed by atoms with Crippen molar-refractivity contribution in [2.75, 3.05) is 6.54 Å². The Bertz CT molecular complexity index is 2000. The van der Waals surface area contributed by atoms with Gasteiger partial charge in [-0.05, 0) is 85.1 Å². The Kier molecular flexibility index (Phi) is 9.47. The van der Waals surface area contributed by atoms with Gasteiger partial charge in [0.25, 0.3) is 5.91 Å². The van der Waals surface area contributed by atoms with Gasteiger partial charge in [-0.1, -0.05) is 37.1 Å². The van der Waals surface area contributed by atoms with E-state index in [4.69, 9.17) is 9.47 Å². The lowest BCUT2D eigenvalue weighted by molar-refractivity contribution is -0.141. The number of carbonyl (C=O) groups excluding carboxylic acids is 4. The van der Waals surface area contributed by atoms with Crippen molar-refractivity contribution in [2.24, 2.45) is 5.92 Å². The van der Waals surface area contributed by atoms with E-state index in [0.717, 1.165) is 18.4 Å². The van der Waals surface area contributed by atoms with Crippen molar-refractivity contribution in [3.8, 4) is 5.75 Å². The number of benzene rings is 1. The second-order valence-corrected chi connectivity index (χ2v) is 18.3. The summed E-state index contributed by atoms with van der Waals surface area (Å²) in [6, 6.07) is 2.63. The van der Waals surface area contributed by atoms with Crippen molar-refractivity contribution in [3.05, 3.63) is 47.4 Å². The molecule has 3 N–H and O–H groups in total. The van der Waals surface area contributed by atoms with Crippen LogP contribution in [0.4, 0.5) is 9.18 Å². The summed E-state index contributed by atoms with van der Waals surface area (Å²) < 4.78 is 55.0. The lowest BCUT2D eigenvalue weighted by Gasteiger charge is -2.36. The summed E-state index contributed by atoms with van der Waals surface area (Å²) in [7, 11) is -3.90. The van der Waals surface area contributed by atoms with Crippen LogP contribution in [-0.2, 0) is 35.6 Å². The van der Waals surface area contributed by atoms with Crippen LogP contribution in [0.15, 0.2) is 30.4 Å². The van der Waals surface area contributed by atoms with Crippen molar-refractivity contribution in [3.63, 3.8) is 0 Å². The average molecular weight is 754 g/mol. The molecular formula is C38H48FN5O8S. The maximum absolute atomic E-state index is 14.8. The van der Waals surface area contributed by atoms with E-state index in [0.29, 0.717) is 61.8 Å². The van der Waals surface area contributed by atoms with Crippen LogP contribution in [-0.4, -0.2) is 82.7 Å². The van der Waals surface area contributed by atoms with Crippen molar-refractivity contribution in [1.82, 2.24) is 25.2 Å². The van der Waals surface area contributed by atoms with E-state index in [1.54, 1.807) is 39.8 Å². The van der Waals surface area contributed by atoms with E-state index in [-0.39, 0.29) is 24.9 Å². The van der Waals surface area contributed by atoms with Gasteiger partial charge in [0.15, 0.2) is 0 Å². The summed E-state index contributed by atoms with van der Waals surface area (Å²) >= 11 is 0. The lowest BCUT2D eigenvalue weighted by atomic mass is 9.87. The molecule has 1 saturated heterocycles. The fourth-order valence-corrected chi connectivity index (χ4v) is 9.39. The van der Waals surface area contributed by atoms with E-state index >= 15 is 0 Å². The molecule has 1 spiro atoms. The number of alkyl carbamates (subject to hydrolysis) is 1. The Balaban J connectivity index is 1.23. The summed E-state index contributed by atoms with van der Waals surface area (Å²) in [5, 5.41) is 5.65. The SMILES string of the molecule is Cc1nc2c(F)cccc2c2c1OC1(CC2)CC2C(=O)NC3(C(=O)NS(=O)(=O)C4CC4)CC3C=CCCCCCC(NC(=O)OC(C)(C)C)C(=O)N2C1. The van der Waals surface area contributed by atoms with Gasteiger partial charge in [-0.15, -0.1) is 0 Å². The number of nitrogens with one attached hydrogen (secondary N) is 3. The Labute approximate surface area is 308 Å². The maximum Gasteiger partial charge on any atom is 0.408 e. The van der Waals surface area contributed by atoms with Gasteiger partial charge in [0.1, 0.15) is 45.9 Å². The van der Waals surface area contributed by atoms with E-state index in [2.05, 4.69) is 20.3 Å². The Hall–Kier alpha value is -4.27. The first-order chi connectivity index (χ1) is 25.0. The van der Waals surface area contributed by atoms with Crippen molar-refractivity contribution in [1.29, 1.82) is 0 Å². The number of sulfonamides is 1. The first kappa shape index (κ1) is 37.1. The van der Waals surface area contributed by atoms with Crippen LogP contribution in [0, 0.1) is 18.7 Å². The van der Waals surface area contributed by atoms with Crippen LogP contribution in [0.1, 0.15) is 96.2 Å². The summed E-state index contributed by atoms with van der Waals surface area (Å²) in [4.78, 5) is 61.9. The lowest BCUT2D eigenvalue weighted by Crippen LogP contribution is -2.58. The minimum Gasteiger partial charge on any atom is -0.483 e. The standard InChI is InChI=1S/C38H48FN5O8S/c1-22-31-26(25-12-10-13-27(39)30(25)40-22)17-18-37(51-31)20-29-32(45)42-38(34(47)43-53(49,50)24-15-16-24)19-23(38)11-8-6-5-7-9-14-28(33(46)44(29)21-37)41-35(48)52-36(2,3)4/h8,10-13,23-24,28-29H,5-7,9,14-21H2,1-4H3,(H,41,48)(H,42,45)(H,43,47). The van der Waals surface area contributed by atoms with Crippen LogP contribution in [0.5, 0.6) is 5.75 Å². The van der Waals surface area contributed by atoms with Gasteiger partial charge < -0.3 is 25.0 Å². The fraction of sp³-hybridized carbons (Fsp3) is 0.605. The number of rotatable bonds is 4. The molecule has 2 saturated carbocycles. The third kappa shape index (κ3) is 7.45. The largest absolute Gasteiger partial charge is 0.483 e. The number of hydrogen-bond acceptors (Lipinski definition) is 9. The number of nitrogens with zero attached hydrogens (tertiary/aromatic N) is 2. The molecule has 0 bridgehead atoms. The summed E-state index contributed by atoms with van der Waals surface area (Å²) in [5.41, 5.74) is -1.87. The quantitative estimate of drug-likeness (QED) is 0.386. The molecule has 2 aromatic rings. The number of amides is 4. The zero-order valence-corrected chi connectivity index (χ0v) is 31.4. The number of ether oxygens (including phenoxy) is 2. The molecule has 15 heteroatoms. The number of aromatic nitrogens is 1. The first-order valence-corrected chi connectivity index (χ1v) is 20.2. The van der Waals surface area contributed by atoms with Crippen LogP contribution < -0.4 is 20.1 Å². The molecule has 13 nitrogen and oxygen atoms in total. The number of aryl methyl sites for hydroxylation is 2. The van der Waals surface area contributed by atoms with Crippen LogP contribution in [0.25, 0.3) is 10.9 Å². The number of hydrogen-bond donors (Lipinski definition) is 3. The first-order valence-electron chi connectivity index (χ1n) is 18.6. The third-order valence-electron chi connectivity index (χ3n) is 11.0. The second kappa shape index (κ2) is 13.5. The van der Waals surface area contributed by atoms with Crippen LogP contribution in [0.3, 0.4) is 0 Å². The van der Waals surface area contributed by atoms with Gasteiger partial charge in [0.05, 0.1) is 17.5 Å². The molecule has 1 aromatic heterocycles. The zero-order valence-electron chi connectivity index (χ0n) is 30.6. The van der Waals surface area contributed by atoms with Gasteiger partial charge in [-0.25, -0.2) is 22.6 Å². The van der Waals surface area contributed by atoms with E-state index < -0.39 is 79.6 Å². The highest BCUT2D eigenvalue weighted by atomic mass is 32.2. The molecule has 5 unspecified atom stereocenters. The number of pyridine rings is 1. The molecule has 53 heavy (non-hydrogen) atoms. The predicted octanol–water partition coefficient (Wildman–Crippen LogP) is 4.24. The third-order valence-corrected chi connectivity index (χ3v) is 12.8. The van der Waals surface area contributed by atoms with Crippen LogP contribution >= 0.6 is 0 Å². The zero-order chi connectivity index (χ0) is 37.9. The summed E-state index contributed by atoms with van der Waals surface area (Å²) in [6.07, 6.45) is 8.24. The number of para-hydroxylation sites is 1. The number of carbonyl (C=O) groups is 4. The predicted molar refractivity (Wildman–Crippen MR) is 193 cm³/mol. The number of fused-ring (bicyclic) bond motifs is 5. The Morgan fingerprint density at radius 1 is 1.11 bits per heavy atom. The maximum atomic E-state index is 14.8. The highest BCUT2D eigenvalue weighted by Crippen LogP contribution is 2.48. The molecule has 7 rings (SSSR count). The van der Waals surface area contributed by atoms with Gasteiger partial charge >= 0.3 is 6.09 Å². The normalized spacial score (nSPS) is 29.2. The fourth-order valence-electron chi connectivity index (χ4n) is 8.03. The summed E-state index contributed by atoms with van der Waals surface area (Å²) in [6.45, 7) is 6.90. The van der Waals surface area contributed by atoms with Gasteiger partial charge in [0, 0.05) is 23.3 Å². The molecule has 4 heterocycles. The highest BCUT2D eigenvalue weighted by Gasteiger charge is 2.63. The number of halogens is 1. The highest BCUT2D eigenvalue weighted by molar-refractivity contribution is 7.91. The molecule has 1 aromatic carbocycles. The van der Waals surface area contributed by atoms with Crippen molar-refractivity contribution in [2.45, 2.75) is 132 Å². The molecule has 2 aliphatic carbocycles. The van der Waals surface area contributed by atoms with Crippen molar-refractivity contribution >= 4 is 44.7 Å². The van der Waals surface area contributed by atoms with Crippen molar-refractivity contribution < 1.29 is 41.5 Å². The monoisotopic (exact) mass is 753 g/mol. The minimum atomic E-state index is -3.90. The molecule has 3 aliphatic heterocycles. The smallest absolute Gasteiger partial charge is 0.408 e. The van der Waals surface area contributed by atoms with Crippen LogP contribution in [0.2, 0.25) is 0 Å². The Morgan fingerprint density at radius 2 is 1.89 bits per heavy atom. The van der Waals surface area contributed by atoms with Gasteiger partial charge in [-0.2, -0.15) is 0 Å². The molecule has 4 amide bonds. The van der Waals surface area contributed by atoms with Gasteiger partial charge in [0.2, 0.25) is 21.8 Å². The molecule has 5 atom stereocenters. The molecular weight excluding hydrogens is 706 g/mol. The van der Waals surface area contributed by atoms with Gasteiger partial charge in [-0.3, -0.25) is 19.1 Å². The molecule has 3 fully saturated rings. The minimum absolute atomic E-state index is 0.00489. The topological polar surface area (TPSA) is 173 Å². The van der Waals surface area contributed by atoms with E-state index in [9.17, 15) is 32.0 Å². The Morgan fingerprint density at radius 3 is 2.62 bits per heavy atom. The average Bonchev–Trinajstić information content (AvgIpc) is 4.01. The molecule has 286 valence electrons. The summed E-state index contributed by atoms with van der Waals surface area (Å²) in [5.74, 6) is -2.32. The van der Waals surface area contributed by atoms with E-state index in [1.165, 1.54) is 11.0 Å². The number of allylic oxidation sites excluding steroid dienone is 1. The second-order valence-electron chi connectivity index (χ2n) is 16.3. The molecule has 5 aliphatic rings.